The zero-order chi connectivity index (χ0) is 34.4. The first-order valence-corrected chi connectivity index (χ1v) is 17.4. The van der Waals surface area contributed by atoms with E-state index in [0.717, 1.165) is 55.4 Å². The maximum atomic E-state index is 6.64. The van der Waals surface area contributed by atoms with Gasteiger partial charge in [-0.05, 0) is 144 Å². The lowest BCUT2D eigenvalue weighted by atomic mass is 9.93. The standard InChI is InChI=1S/C46H34N4O/c1-27-7-5-8-28(2)43(27)31-11-17-41-37(23-31)35-15-13-33(25-39(35)45-47-19-21-49(41)45)51-34-14-16-36-38-24-32(44-29(3)9-6-10-30(44)4)12-18-42(38)50-22-20-48-46(50)40(36)26-34/h5-26H,1-4H3. The van der Waals surface area contributed by atoms with Crippen molar-refractivity contribution in [3.05, 3.63) is 156 Å². The van der Waals surface area contributed by atoms with Gasteiger partial charge in [-0.15, -0.1) is 0 Å². The van der Waals surface area contributed by atoms with Crippen LogP contribution in [0.2, 0.25) is 0 Å². The maximum Gasteiger partial charge on any atom is 0.145 e. The van der Waals surface area contributed by atoms with Crippen molar-refractivity contribution in [1.82, 2.24) is 18.8 Å². The molecular formula is C46H34N4O. The fraction of sp³-hybridized carbons (Fsp3) is 0.0870. The first kappa shape index (κ1) is 29.5. The van der Waals surface area contributed by atoms with Crippen LogP contribution in [0, 0.1) is 27.7 Å². The number of rotatable bonds is 4. The Hall–Kier alpha value is -6.46. The molecule has 6 aromatic carbocycles. The van der Waals surface area contributed by atoms with Crippen molar-refractivity contribution in [2.24, 2.45) is 0 Å². The molecule has 10 rings (SSSR count). The third-order valence-electron chi connectivity index (χ3n) is 10.6. The number of hydrogen-bond donors (Lipinski definition) is 0. The highest BCUT2D eigenvalue weighted by molar-refractivity contribution is 6.14. The minimum Gasteiger partial charge on any atom is -0.457 e. The number of aromatic nitrogens is 4. The summed E-state index contributed by atoms with van der Waals surface area (Å²) >= 11 is 0. The average Bonchev–Trinajstić information content (AvgIpc) is 3.83. The molecule has 0 radical (unpaired) electrons. The minimum atomic E-state index is 0.759. The molecule has 5 nitrogen and oxygen atoms in total. The molecule has 244 valence electrons. The Labute approximate surface area is 295 Å². The molecule has 5 heteroatoms. The van der Waals surface area contributed by atoms with E-state index in [0.29, 0.717) is 0 Å². The molecule has 0 atom stereocenters. The molecule has 0 N–H and O–H groups in total. The van der Waals surface area contributed by atoms with Gasteiger partial charge >= 0.3 is 0 Å². The van der Waals surface area contributed by atoms with Gasteiger partial charge in [-0.3, -0.25) is 8.80 Å². The molecule has 0 unspecified atom stereocenters. The van der Waals surface area contributed by atoms with Crippen LogP contribution in [0.1, 0.15) is 22.3 Å². The summed E-state index contributed by atoms with van der Waals surface area (Å²) in [6.07, 6.45) is 7.82. The monoisotopic (exact) mass is 658 g/mol. The molecular weight excluding hydrogens is 625 g/mol. The summed E-state index contributed by atoms with van der Waals surface area (Å²) in [6.45, 7) is 8.74. The van der Waals surface area contributed by atoms with Crippen molar-refractivity contribution in [1.29, 1.82) is 0 Å². The summed E-state index contributed by atoms with van der Waals surface area (Å²) < 4.78 is 11.0. The van der Waals surface area contributed by atoms with Crippen LogP contribution in [0.15, 0.2) is 134 Å². The van der Waals surface area contributed by atoms with Gasteiger partial charge in [0.2, 0.25) is 0 Å². The second-order valence-corrected chi connectivity index (χ2v) is 13.8. The molecule has 4 heterocycles. The number of aryl methyl sites for hydroxylation is 4. The third kappa shape index (κ3) is 4.48. The molecule has 0 aliphatic rings. The van der Waals surface area contributed by atoms with Crippen LogP contribution in [0.25, 0.3) is 76.9 Å². The second-order valence-electron chi connectivity index (χ2n) is 13.8. The predicted molar refractivity (Wildman–Crippen MR) is 210 cm³/mol. The highest BCUT2D eigenvalue weighted by Gasteiger charge is 2.16. The van der Waals surface area contributed by atoms with Crippen LogP contribution in [0.5, 0.6) is 11.5 Å². The highest BCUT2D eigenvalue weighted by Crippen LogP contribution is 2.39. The normalized spacial score (nSPS) is 11.9. The Morgan fingerprint density at radius 2 is 0.863 bits per heavy atom. The summed E-state index contributed by atoms with van der Waals surface area (Å²) in [6, 6.07) is 39.2. The first-order valence-electron chi connectivity index (χ1n) is 17.4. The fourth-order valence-corrected chi connectivity index (χ4v) is 8.32. The van der Waals surface area contributed by atoms with Crippen LogP contribution < -0.4 is 4.74 Å². The van der Waals surface area contributed by atoms with Gasteiger partial charge in [0.15, 0.2) is 0 Å². The van der Waals surface area contributed by atoms with Gasteiger partial charge in [0, 0.05) is 46.3 Å². The van der Waals surface area contributed by atoms with Gasteiger partial charge in [0.25, 0.3) is 0 Å². The number of pyridine rings is 2. The van der Waals surface area contributed by atoms with Gasteiger partial charge in [-0.1, -0.05) is 48.5 Å². The van der Waals surface area contributed by atoms with E-state index in [-0.39, 0.29) is 0 Å². The van der Waals surface area contributed by atoms with Crippen molar-refractivity contribution < 1.29 is 4.74 Å². The van der Waals surface area contributed by atoms with Crippen molar-refractivity contribution in [3.8, 4) is 33.8 Å². The molecule has 4 aromatic heterocycles. The second kappa shape index (κ2) is 11.0. The number of fused-ring (bicyclic) bond motifs is 12. The van der Waals surface area contributed by atoms with Crippen LogP contribution in [-0.2, 0) is 0 Å². The van der Waals surface area contributed by atoms with Gasteiger partial charge in [-0.2, -0.15) is 0 Å². The average molecular weight is 659 g/mol. The van der Waals surface area contributed by atoms with Crippen molar-refractivity contribution >= 4 is 54.6 Å². The smallest absolute Gasteiger partial charge is 0.145 e. The summed E-state index contributed by atoms with van der Waals surface area (Å²) in [5.74, 6) is 1.52. The Balaban J connectivity index is 1.11. The predicted octanol–water partition coefficient (Wildman–Crippen LogP) is 12.0. The summed E-state index contributed by atoms with van der Waals surface area (Å²) in [7, 11) is 0. The minimum absolute atomic E-state index is 0.759. The van der Waals surface area contributed by atoms with E-state index in [2.05, 4.69) is 146 Å². The van der Waals surface area contributed by atoms with Gasteiger partial charge in [0.05, 0.1) is 11.0 Å². The van der Waals surface area contributed by atoms with E-state index in [1.165, 1.54) is 55.3 Å². The van der Waals surface area contributed by atoms with Gasteiger partial charge in [0.1, 0.15) is 22.8 Å². The topological polar surface area (TPSA) is 43.8 Å². The number of ether oxygens (including phenoxy) is 1. The number of imidazole rings is 2. The molecule has 0 spiro atoms. The van der Waals surface area contributed by atoms with E-state index in [1.54, 1.807) is 0 Å². The molecule has 0 fully saturated rings. The molecule has 0 saturated heterocycles. The fourth-order valence-electron chi connectivity index (χ4n) is 8.32. The van der Waals surface area contributed by atoms with E-state index in [1.807, 2.05) is 24.8 Å². The number of hydrogen-bond acceptors (Lipinski definition) is 3. The van der Waals surface area contributed by atoms with Gasteiger partial charge < -0.3 is 4.74 Å². The van der Waals surface area contributed by atoms with Crippen LogP contribution in [-0.4, -0.2) is 18.8 Å². The highest BCUT2D eigenvalue weighted by atomic mass is 16.5. The molecule has 51 heavy (non-hydrogen) atoms. The SMILES string of the molecule is Cc1cccc(C)c1-c1ccc2c(c1)c1ccc(Oc3ccc4c5cc(-c6c(C)cccc6C)ccc5n5ccnc5c4c3)cc1c1nccn21. The molecule has 0 aliphatic heterocycles. The quantitative estimate of drug-likeness (QED) is 0.177. The summed E-state index contributed by atoms with van der Waals surface area (Å²) in [5, 5.41) is 6.75. The van der Waals surface area contributed by atoms with Crippen molar-refractivity contribution in [2.45, 2.75) is 27.7 Å². The molecule has 0 amide bonds. The van der Waals surface area contributed by atoms with Crippen molar-refractivity contribution in [2.75, 3.05) is 0 Å². The van der Waals surface area contributed by atoms with Crippen LogP contribution in [0.4, 0.5) is 0 Å². The summed E-state index contributed by atoms with van der Waals surface area (Å²) in [5.41, 5.74) is 14.2. The lowest BCUT2D eigenvalue weighted by Crippen LogP contribution is -1.94. The Morgan fingerprint density at radius 1 is 0.431 bits per heavy atom. The largest absolute Gasteiger partial charge is 0.457 e. The molecule has 10 aromatic rings. The zero-order valence-corrected chi connectivity index (χ0v) is 28.9. The third-order valence-corrected chi connectivity index (χ3v) is 10.6. The van der Waals surface area contributed by atoms with E-state index in [9.17, 15) is 0 Å². The van der Waals surface area contributed by atoms with E-state index >= 15 is 0 Å². The molecule has 0 aliphatic carbocycles. The Morgan fingerprint density at radius 3 is 1.29 bits per heavy atom. The Bertz CT molecular complexity index is 2810. The van der Waals surface area contributed by atoms with Crippen molar-refractivity contribution in [3.63, 3.8) is 0 Å². The van der Waals surface area contributed by atoms with E-state index < -0.39 is 0 Å². The summed E-state index contributed by atoms with van der Waals surface area (Å²) in [4.78, 5) is 9.58. The number of nitrogens with zero attached hydrogens (tertiary/aromatic N) is 4. The number of benzene rings is 6. The van der Waals surface area contributed by atoms with Gasteiger partial charge in [-0.25, -0.2) is 9.97 Å². The lowest BCUT2D eigenvalue weighted by Gasteiger charge is -2.15. The van der Waals surface area contributed by atoms with Crippen LogP contribution >= 0.6 is 0 Å². The lowest BCUT2D eigenvalue weighted by molar-refractivity contribution is 0.484. The zero-order valence-electron chi connectivity index (χ0n) is 28.9. The Kier molecular flexibility index (Phi) is 6.37. The van der Waals surface area contributed by atoms with Crippen LogP contribution in [0.3, 0.4) is 0 Å². The molecule has 0 bridgehead atoms. The molecule has 0 saturated carbocycles. The van der Waals surface area contributed by atoms with E-state index in [4.69, 9.17) is 14.7 Å². The maximum absolute atomic E-state index is 6.64. The first-order chi connectivity index (χ1) is 24.9.